The zero-order chi connectivity index (χ0) is 22.9. The topological polar surface area (TPSA) is 64.0 Å². The summed E-state index contributed by atoms with van der Waals surface area (Å²) in [5.41, 5.74) is 3.20. The SMILES string of the molecule is CN(C)CCOc1nc(-c2ccnc(C3=C(F)CC(F)C=C3)c2)nc2cncc(C3CC3)c12. The van der Waals surface area contributed by atoms with E-state index in [2.05, 4.69) is 9.97 Å². The Kier molecular flexibility index (Phi) is 5.85. The highest BCUT2D eigenvalue weighted by atomic mass is 19.1. The van der Waals surface area contributed by atoms with Crippen molar-refractivity contribution in [3.05, 3.63) is 60.0 Å². The number of rotatable bonds is 7. The van der Waals surface area contributed by atoms with E-state index >= 15 is 0 Å². The number of fused-ring (bicyclic) bond motifs is 1. The zero-order valence-electron chi connectivity index (χ0n) is 18.6. The molecule has 1 unspecified atom stereocenters. The maximum atomic E-state index is 14.4. The first-order valence-corrected chi connectivity index (χ1v) is 11.1. The van der Waals surface area contributed by atoms with Crippen molar-refractivity contribution < 1.29 is 13.5 Å². The summed E-state index contributed by atoms with van der Waals surface area (Å²) in [6, 6.07) is 3.50. The van der Waals surface area contributed by atoms with Crippen molar-refractivity contribution in [1.29, 1.82) is 0 Å². The summed E-state index contributed by atoms with van der Waals surface area (Å²) in [7, 11) is 3.98. The summed E-state index contributed by atoms with van der Waals surface area (Å²) in [6.07, 6.45) is 8.65. The van der Waals surface area contributed by atoms with Crippen LogP contribution in [0.1, 0.15) is 36.4 Å². The van der Waals surface area contributed by atoms with Gasteiger partial charge in [0.2, 0.25) is 5.88 Å². The maximum absolute atomic E-state index is 14.4. The zero-order valence-corrected chi connectivity index (χ0v) is 18.6. The number of allylic oxidation sites excluding steroid dienone is 4. The molecule has 33 heavy (non-hydrogen) atoms. The van der Waals surface area contributed by atoms with E-state index in [1.165, 1.54) is 12.2 Å². The van der Waals surface area contributed by atoms with Crippen LogP contribution in [0.25, 0.3) is 27.9 Å². The number of ether oxygens (including phenoxy) is 1. The summed E-state index contributed by atoms with van der Waals surface area (Å²) in [6.45, 7) is 1.24. The summed E-state index contributed by atoms with van der Waals surface area (Å²) >= 11 is 0. The van der Waals surface area contributed by atoms with Crippen molar-refractivity contribution in [1.82, 2.24) is 24.8 Å². The number of alkyl halides is 1. The van der Waals surface area contributed by atoms with Crippen LogP contribution in [0, 0.1) is 0 Å². The largest absolute Gasteiger partial charge is 0.476 e. The van der Waals surface area contributed by atoms with Gasteiger partial charge in [0.1, 0.15) is 18.6 Å². The second kappa shape index (κ2) is 8.94. The molecule has 0 N–H and O–H groups in total. The molecule has 1 atom stereocenters. The van der Waals surface area contributed by atoms with E-state index in [0.717, 1.165) is 30.3 Å². The second-order valence-corrected chi connectivity index (χ2v) is 8.73. The monoisotopic (exact) mass is 449 g/mol. The van der Waals surface area contributed by atoms with Crippen molar-refractivity contribution in [2.75, 3.05) is 27.2 Å². The number of pyridine rings is 2. The summed E-state index contributed by atoms with van der Waals surface area (Å²) in [5.74, 6) is 0.930. The number of hydrogen-bond donors (Lipinski definition) is 0. The lowest BCUT2D eigenvalue weighted by Gasteiger charge is -2.15. The molecule has 0 aliphatic heterocycles. The number of halogens is 2. The fourth-order valence-electron chi connectivity index (χ4n) is 3.92. The summed E-state index contributed by atoms with van der Waals surface area (Å²) < 4.78 is 34.0. The Hall–Kier alpha value is -3.26. The van der Waals surface area contributed by atoms with Gasteiger partial charge in [-0.05, 0) is 56.6 Å². The van der Waals surface area contributed by atoms with Crippen molar-refractivity contribution in [2.45, 2.75) is 31.4 Å². The molecule has 0 amide bonds. The molecule has 0 bridgehead atoms. The third-order valence-electron chi connectivity index (χ3n) is 5.83. The molecule has 0 saturated heterocycles. The molecule has 170 valence electrons. The molecular weight excluding hydrogens is 424 g/mol. The minimum Gasteiger partial charge on any atom is -0.476 e. The fourth-order valence-corrected chi connectivity index (χ4v) is 3.92. The van der Waals surface area contributed by atoms with Gasteiger partial charge in [-0.15, -0.1) is 0 Å². The van der Waals surface area contributed by atoms with Gasteiger partial charge in [-0.3, -0.25) is 9.97 Å². The predicted molar refractivity (Wildman–Crippen MR) is 123 cm³/mol. The average molecular weight is 450 g/mol. The van der Waals surface area contributed by atoms with Crippen LogP contribution in [0.15, 0.2) is 48.7 Å². The molecule has 5 rings (SSSR count). The third-order valence-corrected chi connectivity index (χ3v) is 5.83. The van der Waals surface area contributed by atoms with E-state index in [-0.39, 0.29) is 12.0 Å². The predicted octanol–water partition coefficient (Wildman–Crippen LogP) is 4.88. The Morgan fingerprint density at radius 1 is 1.18 bits per heavy atom. The van der Waals surface area contributed by atoms with Crippen molar-refractivity contribution in [2.24, 2.45) is 0 Å². The second-order valence-electron chi connectivity index (χ2n) is 8.73. The highest BCUT2D eigenvalue weighted by Gasteiger charge is 2.28. The van der Waals surface area contributed by atoms with Gasteiger partial charge < -0.3 is 9.64 Å². The van der Waals surface area contributed by atoms with Gasteiger partial charge in [0.25, 0.3) is 0 Å². The summed E-state index contributed by atoms with van der Waals surface area (Å²) in [5, 5.41) is 0.905. The van der Waals surface area contributed by atoms with Gasteiger partial charge in [0.05, 0.1) is 22.8 Å². The van der Waals surface area contributed by atoms with E-state index in [1.807, 2.05) is 25.2 Å². The van der Waals surface area contributed by atoms with E-state index in [9.17, 15) is 8.78 Å². The van der Waals surface area contributed by atoms with Gasteiger partial charge >= 0.3 is 0 Å². The van der Waals surface area contributed by atoms with Gasteiger partial charge in [-0.1, -0.05) is 6.08 Å². The van der Waals surface area contributed by atoms with Crippen LogP contribution in [0.5, 0.6) is 5.88 Å². The maximum Gasteiger partial charge on any atom is 0.225 e. The highest BCUT2D eigenvalue weighted by Crippen LogP contribution is 2.44. The minimum atomic E-state index is -1.31. The molecule has 2 aliphatic carbocycles. The molecule has 2 aliphatic rings. The molecule has 3 heterocycles. The Bertz CT molecular complexity index is 1250. The first kappa shape index (κ1) is 21.6. The van der Waals surface area contributed by atoms with Crippen molar-refractivity contribution in [3.8, 4) is 17.3 Å². The lowest BCUT2D eigenvalue weighted by molar-refractivity contribution is 0.256. The standard InChI is InChI=1S/C25H25F2N5O/c1-32(2)9-10-33-25-23-19(15-3-4-15)13-28-14-22(23)30-24(31-25)16-7-8-29-21(11-16)18-6-5-17(26)12-20(18)27/h5-8,11,13-15,17H,3-4,9-10,12H2,1-2H3. The average Bonchev–Trinajstić information content (AvgIpc) is 3.64. The molecule has 6 nitrogen and oxygen atoms in total. The first-order chi connectivity index (χ1) is 16.0. The van der Waals surface area contributed by atoms with Gasteiger partial charge in [0.15, 0.2) is 5.82 Å². The van der Waals surface area contributed by atoms with Crippen LogP contribution >= 0.6 is 0 Å². The van der Waals surface area contributed by atoms with Crippen LogP contribution in [0.4, 0.5) is 8.78 Å². The highest BCUT2D eigenvalue weighted by molar-refractivity contribution is 5.88. The Morgan fingerprint density at radius 2 is 2.03 bits per heavy atom. The molecule has 0 radical (unpaired) electrons. The van der Waals surface area contributed by atoms with E-state index in [0.29, 0.717) is 41.0 Å². The molecule has 1 fully saturated rings. The normalized spacial score (nSPS) is 18.4. The lowest BCUT2D eigenvalue weighted by atomic mass is 10.0. The number of likely N-dealkylation sites (N-methyl/N-ethyl adjacent to an activating group) is 1. The van der Waals surface area contributed by atoms with Crippen LogP contribution < -0.4 is 4.74 Å². The quantitative estimate of drug-likeness (QED) is 0.512. The smallest absolute Gasteiger partial charge is 0.225 e. The van der Waals surface area contributed by atoms with Gasteiger partial charge in [0, 0.05) is 36.5 Å². The molecule has 0 spiro atoms. The Balaban J connectivity index is 1.57. The molecule has 3 aromatic heterocycles. The van der Waals surface area contributed by atoms with E-state index in [1.54, 1.807) is 24.5 Å². The molecule has 1 saturated carbocycles. The molecular formula is C25H25F2N5O. The van der Waals surface area contributed by atoms with Crippen LogP contribution in [-0.2, 0) is 0 Å². The number of aromatic nitrogens is 4. The van der Waals surface area contributed by atoms with Gasteiger partial charge in [-0.2, -0.15) is 4.98 Å². The van der Waals surface area contributed by atoms with Crippen LogP contribution in [0.3, 0.4) is 0 Å². The Morgan fingerprint density at radius 3 is 2.79 bits per heavy atom. The van der Waals surface area contributed by atoms with E-state index in [4.69, 9.17) is 14.7 Å². The molecule has 8 heteroatoms. The van der Waals surface area contributed by atoms with Crippen molar-refractivity contribution >= 4 is 16.5 Å². The first-order valence-electron chi connectivity index (χ1n) is 11.1. The fraction of sp³-hybridized carbons (Fsp3) is 0.360. The lowest BCUT2D eigenvalue weighted by Crippen LogP contribution is -2.20. The molecule has 0 aromatic carbocycles. The third kappa shape index (κ3) is 4.61. The molecule has 3 aromatic rings. The Labute approximate surface area is 191 Å². The van der Waals surface area contributed by atoms with Crippen LogP contribution in [-0.4, -0.2) is 58.3 Å². The van der Waals surface area contributed by atoms with E-state index < -0.39 is 12.0 Å². The number of hydrogen-bond acceptors (Lipinski definition) is 6. The van der Waals surface area contributed by atoms with Crippen molar-refractivity contribution in [3.63, 3.8) is 0 Å². The summed E-state index contributed by atoms with van der Waals surface area (Å²) in [4.78, 5) is 20.3. The van der Waals surface area contributed by atoms with Crippen LogP contribution in [0.2, 0.25) is 0 Å². The van der Waals surface area contributed by atoms with Gasteiger partial charge in [-0.25, -0.2) is 13.8 Å². The minimum absolute atomic E-state index is 0.274. The number of nitrogens with zero attached hydrogens (tertiary/aromatic N) is 5.